The molecular formula is C16H24N6. The summed E-state index contributed by atoms with van der Waals surface area (Å²) < 4.78 is 1.91. The first-order valence-corrected chi connectivity index (χ1v) is 7.98. The Balaban J connectivity index is 1.59. The van der Waals surface area contributed by atoms with Gasteiger partial charge in [-0.3, -0.25) is 9.80 Å². The maximum Gasteiger partial charge on any atom is 0.165 e. The van der Waals surface area contributed by atoms with Gasteiger partial charge in [0.05, 0.1) is 13.1 Å². The van der Waals surface area contributed by atoms with Crippen molar-refractivity contribution in [1.29, 1.82) is 0 Å². The standard InChI is InChI=1S/C16H24N6/c1-14(2)21-10-8-20(9-11-21)13-16-17-18-19-22(16)12-15-6-4-3-5-7-15/h3-7,14H,8-13H2,1-2H3. The molecule has 1 aliphatic rings. The van der Waals surface area contributed by atoms with Gasteiger partial charge >= 0.3 is 0 Å². The van der Waals surface area contributed by atoms with E-state index in [1.807, 2.05) is 22.9 Å². The third kappa shape index (κ3) is 3.69. The van der Waals surface area contributed by atoms with E-state index in [1.165, 1.54) is 5.56 Å². The molecule has 6 heteroatoms. The van der Waals surface area contributed by atoms with Crippen LogP contribution in [0.2, 0.25) is 0 Å². The maximum atomic E-state index is 4.21. The molecule has 0 bridgehead atoms. The highest BCUT2D eigenvalue weighted by Crippen LogP contribution is 2.10. The van der Waals surface area contributed by atoms with Gasteiger partial charge in [-0.15, -0.1) is 5.10 Å². The second-order valence-corrected chi connectivity index (χ2v) is 6.14. The van der Waals surface area contributed by atoms with E-state index in [1.54, 1.807) is 0 Å². The fraction of sp³-hybridized carbons (Fsp3) is 0.562. The highest BCUT2D eigenvalue weighted by molar-refractivity contribution is 5.14. The van der Waals surface area contributed by atoms with Gasteiger partial charge in [0, 0.05) is 32.2 Å². The SMILES string of the molecule is CC(C)N1CCN(Cc2nnnn2Cc2ccccc2)CC1. The molecule has 1 saturated heterocycles. The number of piperazine rings is 1. The number of benzene rings is 1. The van der Waals surface area contributed by atoms with Crippen LogP contribution < -0.4 is 0 Å². The molecule has 0 radical (unpaired) electrons. The van der Waals surface area contributed by atoms with Gasteiger partial charge < -0.3 is 0 Å². The quantitative estimate of drug-likeness (QED) is 0.832. The summed E-state index contributed by atoms with van der Waals surface area (Å²) in [6, 6.07) is 11.0. The summed E-state index contributed by atoms with van der Waals surface area (Å²) in [5, 5.41) is 12.2. The lowest BCUT2D eigenvalue weighted by Gasteiger charge is -2.36. The van der Waals surface area contributed by atoms with Gasteiger partial charge in [0.15, 0.2) is 5.82 Å². The number of tetrazole rings is 1. The molecule has 3 rings (SSSR count). The summed E-state index contributed by atoms with van der Waals surface area (Å²) >= 11 is 0. The Kier molecular flexibility index (Phi) is 4.80. The van der Waals surface area contributed by atoms with Gasteiger partial charge in [-0.05, 0) is 29.8 Å². The molecule has 0 unspecified atom stereocenters. The molecule has 118 valence electrons. The van der Waals surface area contributed by atoms with E-state index in [-0.39, 0.29) is 0 Å². The normalized spacial score (nSPS) is 17.2. The van der Waals surface area contributed by atoms with Crippen molar-refractivity contribution in [3.05, 3.63) is 41.7 Å². The first kappa shape index (κ1) is 15.1. The predicted octanol–water partition coefficient (Wildman–Crippen LogP) is 1.25. The van der Waals surface area contributed by atoms with Crippen LogP contribution in [0.3, 0.4) is 0 Å². The molecule has 6 nitrogen and oxygen atoms in total. The number of hydrogen-bond donors (Lipinski definition) is 0. The van der Waals surface area contributed by atoms with E-state index < -0.39 is 0 Å². The van der Waals surface area contributed by atoms with Crippen molar-refractivity contribution >= 4 is 0 Å². The van der Waals surface area contributed by atoms with Gasteiger partial charge in [-0.2, -0.15) is 0 Å². The average molecular weight is 300 g/mol. The minimum atomic E-state index is 0.630. The molecule has 0 saturated carbocycles. The van der Waals surface area contributed by atoms with Crippen molar-refractivity contribution in [2.75, 3.05) is 26.2 Å². The Morgan fingerprint density at radius 1 is 1.00 bits per heavy atom. The van der Waals surface area contributed by atoms with Gasteiger partial charge in [-0.1, -0.05) is 30.3 Å². The van der Waals surface area contributed by atoms with Crippen LogP contribution in [-0.2, 0) is 13.1 Å². The lowest BCUT2D eigenvalue weighted by molar-refractivity contribution is 0.101. The van der Waals surface area contributed by atoms with Crippen molar-refractivity contribution in [3.8, 4) is 0 Å². The smallest absolute Gasteiger partial charge is 0.165 e. The van der Waals surface area contributed by atoms with Crippen LogP contribution in [0.1, 0.15) is 25.2 Å². The lowest BCUT2D eigenvalue weighted by Crippen LogP contribution is -2.48. The van der Waals surface area contributed by atoms with Gasteiger partial charge in [0.25, 0.3) is 0 Å². The molecule has 0 atom stereocenters. The molecule has 2 aromatic rings. The minimum Gasteiger partial charge on any atom is -0.298 e. The minimum absolute atomic E-state index is 0.630. The fourth-order valence-electron chi connectivity index (χ4n) is 2.85. The molecule has 1 aromatic carbocycles. The van der Waals surface area contributed by atoms with E-state index in [0.29, 0.717) is 6.04 Å². The van der Waals surface area contributed by atoms with E-state index in [4.69, 9.17) is 0 Å². The van der Waals surface area contributed by atoms with Crippen molar-refractivity contribution in [2.45, 2.75) is 33.0 Å². The third-order valence-corrected chi connectivity index (χ3v) is 4.28. The van der Waals surface area contributed by atoms with E-state index in [9.17, 15) is 0 Å². The molecule has 0 aliphatic carbocycles. The van der Waals surface area contributed by atoms with Gasteiger partial charge in [0.1, 0.15) is 0 Å². The molecule has 0 N–H and O–H groups in total. The Morgan fingerprint density at radius 3 is 2.41 bits per heavy atom. The number of rotatable bonds is 5. The van der Waals surface area contributed by atoms with Crippen molar-refractivity contribution < 1.29 is 0 Å². The zero-order chi connectivity index (χ0) is 15.4. The Morgan fingerprint density at radius 2 is 1.73 bits per heavy atom. The van der Waals surface area contributed by atoms with Crippen molar-refractivity contribution in [3.63, 3.8) is 0 Å². The zero-order valence-electron chi connectivity index (χ0n) is 13.4. The Bertz CT molecular complexity index is 571. The third-order valence-electron chi connectivity index (χ3n) is 4.28. The largest absolute Gasteiger partial charge is 0.298 e. The first-order chi connectivity index (χ1) is 10.7. The number of aromatic nitrogens is 4. The molecule has 1 aromatic heterocycles. The second kappa shape index (κ2) is 6.98. The Hall–Kier alpha value is -1.79. The summed E-state index contributed by atoms with van der Waals surface area (Å²) in [4.78, 5) is 4.95. The van der Waals surface area contributed by atoms with E-state index in [0.717, 1.165) is 45.1 Å². The van der Waals surface area contributed by atoms with Crippen LogP contribution >= 0.6 is 0 Å². The molecule has 0 amide bonds. The van der Waals surface area contributed by atoms with Crippen LogP contribution in [0.4, 0.5) is 0 Å². The van der Waals surface area contributed by atoms with Crippen LogP contribution in [0.5, 0.6) is 0 Å². The molecule has 1 fully saturated rings. The van der Waals surface area contributed by atoms with Crippen LogP contribution in [0.25, 0.3) is 0 Å². The number of nitrogens with zero attached hydrogens (tertiary/aromatic N) is 6. The van der Waals surface area contributed by atoms with Crippen LogP contribution in [0, 0.1) is 0 Å². The van der Waals surface area contributed by atoms with E-state index in [2.05, 4.69) is 51.3 Å². The van der Waals surface area contributed by atoms with Gasteiger partial charge in [-0.25, -0.2) is 4.68 Å². The van der Waals surface area contributed by atoms with E-state index >= 15 is 0 Å². The summed E-state index contributed by atoms with van der Waals surface area (Å²) in [5.41, 5.74) is 1.22. The summed E-state index contributed by atoms with van der Waals surface area (Å²) in [5.74, 6) is 0.946. The fourth-order valence-corrected chi connectivity index (χ4v) is 2.85. The van der Waals surface area contributed by atoms with Crippen molar-refractivity contribution in [1.82, 2.24) is 30.0 Å². The molecule has 22 heavy (non-hydrogen) atoms. The average Bonchev–Trinajstić information content (AvgIpc) is 2.96. The van der Waals surface area contributed by atoms with Gasteiger partial charge in [0.2, 0.25) is 0 Å². The summed E-state index contributed by atoms with van der Waals surface area (Å²) in [6.45, 7) is 10.5. The predicted molar refractivity (Wildman–Crippen MR) is 85.3 cm³/mol. The van der Waals surface area contributed by atoms with Crippen molar-refractivity contribution in [2.24, 2.45) is 0 Å². The Labute approximate surface area is 131 Å². The monoisotopic (exact) mass is 300 g/mol. The summed E-state index contributed by atoms with van der Waals surface area (Å²) in [7, 11) is 0. The highest BCUT2D eigenvalue weighted by atomic mass is 15.5. The number of hydrogen-bond acceptors (Lipinski definition) is 5. The summed E-state index contributed by atoms with van der Waals surface area (Å²) in [6.07, 6.45) is 0. The highest BCUT2D eigenvalue weighted by Gasteiger charge is 2.20. The lowest BCUT2D eigenvalue weighted by atomic mass is 10.2. The second-order valence-electron chi connectivity index (χ2n) is 6.14. The molecule has 2 heterocycles. The molecular weight excluding hydrogens is 276 g/mol. The van der Waals surface area contributed by atoms with Crippen LogP contribution in [0.15, 0.2) is 30.3 Å². The topological polar surface area (TPSA) is 50.1 Å². The zero-order valence-corrected chi connectivity index (χ0v) is 13.4. The first-order valence-electron chi connectivity index (χ1n) is 7.98. The molecule has 0 spiro atoms. The maximum absolute atomic E-state index is 4.21. The van der Waals surface area contributed by atoms with Crippen LogP contribution in [-0.4, -0.2) is 62.2 Å². The molecule has 1 aliphatic heterocycles.